The van der Waals surface area contributed by atoms with Crippen molar-refractivity contribution in [2.75, 3.05) is 25.5 Å². The third kappa shape index (κ3) is 3.55. The maximum Gasteiger partial charge on any atom is 0.258 e. The number of nitrogens with zero attached hydrogens (tertiary/aromatic N) is 4. The molecule has 0 atom stereocenters. The molecule has 2 aromatic rings. The van der Waals surface area contributed by atoms with Gasteiger partial charge < -0.3 is 9.80 Å². The lowest BCUT2D eigenvalue weighted by atomic mass is 10.2. The number of aryl methyl sites for hydroxylation is 1. The van der Waals surface area contributed by atoms with Gasteiger partial charge in [-0.15, -0.1) is 6.58 Å². The van der Waals surface area contributed by atoms with E-state index in [0.29, 0.717) is 24.5 Å². The van der Waals surface area contributed by atoms with E-state index in [1.54, 1.807) is 29.9 Å². The Hall–Kier alpha value is -2.56. The Morgan fingerprint density at radius 1 is 1.32 bits per heavy atom. The van der Waals surface area contributed by atoms with Crippen LogP contribution in [-0.4, -0.2) is 41.2 Å². The number of anilines is 1. The number of carbonyl (C=O) groups excluding carboxylic acids is 1. The topological polar surface area (TPSA) is 41.4 Å². The summed E-state index contributed by atoms with van der Waals surface area (Å²) in [6.07, 6.45) is 3.58. The van der Waals surface area contributed by atoms with Crippen molar-refractivity contribution in [2.45, 2.75) is 6.54 Å². The van der Waals surface area contributed by atoms with Crippen molar-refractivity contribution in [2.24, 2.45) is 7.05 Å². The molecule has 5 heteroatoms. The van der Waals surface area contributed by atoms with E-state index in [4.69, 9.17) is 0 Å². The van der Waals surface area contributed by atoms with Gasteiger partial charge in [-0.2, -0.15) is 5.10 Å². The molecule has 0 aliphatic carbocycles. The predicted octanol–water partition coefficient (Wildman–Crippen LogP) is 2.31. The predicted molar refractivity (Wildman–Crippen MR) is 88.9 cm³/mol. The molecule has 22 heavy (non-hydrogen) atoms. The lowest BCUT2D eigenvalue weighted by Gasteiger charge is -2.22. The zero-order chi connectivity index (χ0) is 16.1. The Kier molecular flexibility index (Phi) is 4.99. The molecule has 0 saturated heterocycles. The summed E-state index contributed by atoms with van der Waals surface area (Å²) in [4.78, 5) is 16.0. The van der Waals surface area contributed by atoms with Gasteiger partial charge in [0.2, 0.25) is 0 Å². The smallest absolute Gasteiger partial charge is 0.258 e. The fraction of sp³-hybridized carbons (Fsp3) is 0.294. The molecule has 0 fully saturated rings. The highest BCUT2D eigenvalue weighted by Gasteiger charge is 2.21. The second-order valence-electron chi connectivity index (χ2n) is 5.39. The van der Waals surface area contributed by atoms with Crippen molar-refractivity contribution in [3.8, 4) is 0 Å². The van der Waals surface area contributed by atoms with Gasteiger partial charge in [-0.1, -0.05) is 36.4 Å². The second kappa shape index (κ2) is 6.93. The Morgan fingerprint density at radius 3 is 2.59 bits per heavy atom. The van der Waals surface area contributed by atoms with Gasteiger partial charge in [-0.3, -0.25) is 9.48 Å². The molecule has 1 aromatic heterocycles. The van der Waals surface area contributed by atoms with Crippen LogP contribution in [0, 0.1) is 0 Å². The average molecular weight is 298 g/mol. The van der Waals surface area contributed by atoms with Crippen LogP contribution in [0.15, 0.2) is 49.2 Å². The summed E-state index contributed by atoms with van der Waals surface area (Å²) in [5, 5.41) is 4.48. The zero-order valence-corrected chi connectivity index (χ0v) is 13.4. The average Bonchev–Trinajstić information content (AvgIpc) is 2.89. The number of amides is 1. The van der Waals surface area contributed by atoms with Crippen LogP contribution in [0.3, 0.4) is 0 Å². The molecule has 0 aliphatic heterocycles. The largest absolute Gasteiger partial charge is 0.346 e. The van der Waals surface area contributed by atoms with Crippen LogP contribution in [0.5, 0.6) is 0 Å². The molecule has 0 radical (unpaired) electrons. The van der Waals surface area contributed by atoms with Gasteiger partial charge in [0, 0.05) is 40.4 Å². The first-order valence-electron chi connectivity index (χ1n) is 7.18. The summed E-state index contributed by atoms with van der Waals surface area (Å²) in [5.74, 6) is 0.634. The molecule has 0 aliphatic rings. The number of carbonyl (C=O) groups is 1. The van der Waals surface area contributed by atoms with E-state index < -0.39 is 0 Å². The highest BCUT2D eigenvalue weighted by Crippen LogP contribution is 2.21. The Morgan fingerprint density at radius 2 is 2.00 bits per heavy atom. The Balaban J connectivity index is 2.36. The minimum Gasteiger partial charge on any atom is -0.346 e. The SMILES string of the molecule is C=CCN(Cc1ccccc1)c1nn(C)cc1C(=O)N(C)C. The third-order valence-electron chi connectivity index (χ3n) is 3.31. The molecule has 2 rings (SSSR count). The van der Waals surface area contributed by atoms with Crippen LogP contribution in [0.1, 0.15) is 15.9 Å². The van der Waals surface area contributed by atoms with Crippen molar-refractivity contribution in [1.82, 2.24) is 14.7 Å². The van der Waals surface area contributed by atoms with Crippen LogP contribution in [0.25, 0.3) is 0 Å². The van der Waals surface area contributed by atoms with E-state index in [0.717, 1.165) is 0 Å². The summed E-state index contributed by atoms with van der Waals surface area (Å²) in [6, 6.07) is 10.1. The molecule has 0 bridgehead atoms. The highest BCUT2D eigenvalue weighted by atomic mass is 16.2. The molecule has 1 amide bonds. The fourth-order valence-electron chi connectivity index (χ4n) is 2.29. The van der Waals surface area contributed by atoms with Crippen molar-refractivity contribution < 1.29 is 4.79 Å². The number of hydrogen-bond acceptors (Lipinski definition) is 3. The summed E-state index contributed by atoms with van der Waals surface area (Å²) in [6.45, 7) is 5.12. The molecule has 5 nitrogen and oxygen atoms in total. The van der Waals surface area contributed by atoms with Gasteiger partial charge >= 0.3 is 0 Å². The first-order valence-corrected chi connectivity index (χ1v) is 7.18. The van der Waals surface area contributed by atoms with E-state index in [1.807, 2.05) is 31.3 Å². The minimum atomic E-state index is -0.0507. The quantitative estimate of drug-likeness (QED) is 0.769. The number of aromatic nitrogens is 2. The van der Waals surface area contributed by atoms with Crippen molar-refractivity contribution in [3.63, 3.8) is 0 Å². The highest BCUT2D eigenvalue weighted by molar-refractivity contribution is 5.98. The maximum absolute atomic E-state index is 12.4. The lowest BCUT2D eigenvalue weighted by Crippen LogP contribution is -2.28. The molecular formula is C17H22N4O. The van der Waals surface area contributed by atoms with Crippen LogP contribution >= 0.6 is 0 Å². The van der Waals surface area contributed by atoms with Crippen LogP contribution in [-0.2, 0) is 13.6 Å². The molecule has 116 valence electrons. The standard InChI is InChI=1S/C17H22N4O/c1-5-11-21(12-14-9-7-6-8-10-14)16-15(13-20(4)18-16)17(22)19(2)3/h5-10,13H,1,11-12H2,2-4H3. The van der Waals surface area contributed by atoms with Gasteiger partial charge in [0.25, 0.3) is 5.91 Å². The molecule has 0 N–H and O–H groups in total. The van der Waals surface area contributed by atoms with Crippen molar-refractivity contribution in [1.29, 1.82) is 0 Å². The molecule has 1 aromatic carbocycles. The third-order valence-corrected chi connectivity index (χ3v) is 3.31. The molecule has 1 heterocycles. The summed E-state index contributed by atoms with van der Waals surface area (Å²) < 4.78 is 1.67. The van der Waals surface area contributed by atoms with Crippen LogP contribution in [0.4, 0.5) is 5.82 Å². The Labute approximate surface area is 131 Å². The monoisotopic (exact) mass is 298 g/mol. The van der Waals surface area contributed by atoms with Crippen molar-refractivity contribution >= 4 is 11.7 Å². The second-order valence-corrected chi connectivity index (χ2v) is 5.39. The van der Waals surface area contributed by atoms with E-state index in [9.17, 15) is 4.79 Å². The van der Waals surface area contributed by atoms with Gasteiger partial charge in [0.1, 0.15) is 5.56 Å². The summed E-state index contributed by atoms with van der Waals surface area (Å²) in [5.41, 5.74) is 1.77. The van der Waals surface area contributed by atoms with Crippen LogP contribution < -0.4 is 4.90 Å². The van der Waals surface area contributed by atoms with E-state index >= 15 is 0 Å². The van der Waals surface area contributed by atoms with Gasteiger partial charge in [0.05, 0.1) is 0 Å². The molecular weight excluding hydrogens is 276 g/mol. The summed E-state index contributed by atoms with van der Waals surface area (Å²) in [7, 11) is 5.31. The molecule has 0 unspecified atom stereocenters. The van der Waals surface area contributed by atoms with Gasteiger partial charge in [-0.05, 0) is 5.56 Å². The minimum absolute atomic E-state index is 0.0507. The number of rotatable bonds is 6. The number of hydrogen-bond donors (Lipinski definition) is 0. The first kappa shape index (κ1) is 15.8. The number of benzene rings is 1. The lowest BCUT2D eigenvalue weighted by molar-refractivity contribution is 0.0828. The molecule has 0 saturated carbocycles. The van der Waals surface area contributed by atoms with E-state index in [2.05, 4.69) is 28.7 Å². The summed E-state index contributed by atoms with van der Waals surface area (Å²) >= 11 is 0. The molecule has 0 spiro atoms. The van der Waals surface area contributed by atoms with Gasteiger partial charge in [0.15, 0.2) is 5.82 Å². The van der Waals surface area contributed by atoms with Gasteiger partial charge in [-0.25, -0.2) is 0 Å². The van der Waals surface area contributed by atoms with E-state index in [1.165, 1.54) is 5.56 Å². The van der Waals surface area contributed by atoms with Crippen LogP contribution in [0.2, 0.25) is 0 Å². The fourth-order valence-corrected chi connectivity index (χ4v) is 2.29. The first-order chi connectivity index (χ1) is 10.5. The van der Waals surface area contributed by atoms with Crippen molar-refractivity contribution in [3.05, 3.63) is 60.3 Å². The normalized spacial score (nSPS) is 10.3. The Bertz CT molecular complexity index is 646. The zero-order valence-electron chi connectivity index (χ0n) is 13.4. The maximum atomic E-state index is 12.4. The van der Waals surface area contributed by atoms with E-state index in [-0.39, 0.29) is 5.91 Å².